The fraction of sp³-hybridized carbons (Fsp3) is 0.308. The summed E-state index contributed by atoms with van der Waals surface area (Å²) in [6.07, 6.45) is 1.91. The molecule has 2 aromatic heterocycles. The van der Waals surface area contributed by atoms with Crippen LogP contribution >= 0.6 is 0 Å². The molecule has 0 aliphatic carbocycles. The number of furan rings is 1. The highest BCUT2D eigenvalue weighted by Gasteiger charge is 2.13. The van der Waals surface area contributed by atoms with E-state index in [1.165, 1.54) is 0 Å². The molecule has 0 unspecified atom stereocenters. The van der Waals surface area contributed by atoms with Gasteiger partial charge in [0.25, 0.3) is 0 Å². The van der Waals surface area contributed by atoms with Crippen molar-refractivity contribution in [2.75, 3.05) is 6.54 Å². The molecular weight excluding hydrogens is 242 g/mol. The summed E-state index contributed by atoms with van der Waals surface area (Å²) in [5.41, 5.74) is 6.33. The van der Waals surface area contributed by atoms with Crippen LogP contribution < -0.4 is 5.73 Å². The van der Waals surface area contributed by atoms with Crippen molar-refractivity contribution in [2.24, 2.45) is 5.73 Å². The Labute approximate surface area is 110 Å². The number of nitrogens with zero attached hydrogens (tertiary/aromatic N) is 4. The number of hydrogen-bond donors (Lipinski definition) is 1. The molecular formula is C13H15N5O. The van der Waals surface area contributed by atoms with Crippen LogP contribution in [0.4, 0.5) is 0 Å². The molecule has 3 aromatic rings. The fourth-order valence-electron chi connectivity index (χ4n) is 2.03. The summed E-state index contributed by atoms with van der Waals surface area (Å²) in [6.45, 7) is 1.43. The van der Waals surface area contributed by atoms with Gasteiger partial charge in [-0.1, -0.05) is 18.2 Å². The van der Waals surface area contributed by atoms with Gasteiger partial charge in [0.05, 0.1) is 0 Å². The van der Waals surface area contributed by atoms with Crippen LogP contribution in [0.3, 0.4) is 0 Å². The topological polar surface area (TPSA) is 82.8 Å². The van der Waals surface area contributed by atoms with Crippen molar-refractivity contribution in [1.82, 2.24) is 20.2 Å². The van der Waals surface area contributed by atoms with Crippen LogP contribution in [0, 0.1) is 0 Å². The van der Waals surface area contributed by atoms with Gasteiger partial charge in [-0.3, -0.25) is 0 Å². The molecule has 0 spiro atoms. The summed E-state index contributed by atoms with van der Waals surface area (Å²) in [4.78, 5) is 0. The number of unbranched alkanes of at least 4 members (excludes halogenated alkanes) is 1. The molecule has 1 aromatic carbocycles. The van der Waals surface area contributed by atoms with E-state index in [0.29, 0.717) is 18.1 Å². The first kappa shape index (κ1) is 11.9. The fourth-order valence-corrected chi connectivity index (χ4v) is 2.03. The van der Waals surface area contributed by atoms with Gasteiger partial charge in [0.2, 0.25) is 5.82 Å². The van der Waals surface area contributed by atoms with Crippen LogP contribution in [0.5, 0.6) is 0 Å². The monoisotopic (exact) mass is 257 g/mol. The van der Waals surface area contributed by atoms with Crippen molar-refractivity contribution in [2.45, 2.75) is 19.4 Å². The second-order valence-electron chi connectivity index (χ2n) is 4.37. The zero-order valence-corrected chi connectivity index (χ0v) is 10.5. The normalized spacial score (nSPS) is 11.2. The van der Waals surface area contributed by atoms with E-state index in [9.17, 15) is 0 Å². The van der Waals surface area contributed by atoms with E-state index >= 15 is 0 Å². The molecule has 0 saturated carbocycles. The Kier molecular flexibility index (Phi) is 3.24. The zero-order valence-electron chi connectivity index (χ0n) is 10.5. The van der Waals surface area contributed by atoms with E-state index in [2.05, 4.69) is 15.5 Å². The van der Waals surface area contributed by atoms with Crippen molar-refractivity contribution >= 4 is 11.0 Å². The van der Waals surface area contributed by atoms with Gasteiger partial charge in [-0.05, 0) is 41.9 Å². The van der Waals surface area contributed by atoms with Gasteiger partial charge in [-0.25, -0.2) is 4.68 Å². The van der Waals surface area contributed by atoms with Crippen molar-refractivity contribution < 1.29 is 4.42 Å². The molecule has 2 N–H and O–H groups in total. The van der Waals surface area contributed by atoms with Crippen LogP contribution in [0.2, 0.25) is 0 Å². The molecule has 0 saturated heterocycles. The quantitative estimate of drug-likeness (QED) is 0.705. The Hall–Kier alpha value is -2.21. The van der Waals surface area contributed by atoms with E-state index in [1.54, 1.807) is 4.68 Å². The Morgan fingerprint density at radius 2 is 2.11 bits per heavy atom. The van der Waals surface area contributed by atoms with Crippen molar-refractivity contribution in [3.05, 3.63) is 30.3 Å². The lowest BCUT2D eigenvalue weighted by atomic mass is 10.2. The molecule has 0 bridgehead atoms. The van der Waals surface area contributed by atoms with E-state index in [0.717, 1.165) is 30.4 Å². The molecule has 0 amide bonds. The predicted molar refractivity (Wildman–Crippen MR) is 71.3 cm³/mol. The number of nitrogens with two attached hydrogens (primary N) is 1. The van der Waals surface area contributed by atoms with E-state index in [4.69, 9.17) is 10.2 Å². The molecule has 6 heteroatoms. The maximum atomic E-state index is 5.77. The number of para-hydroxylation sites is 1. The standard InChI is InChI=1S/C13H15N5O/c14-7-3-4-8-18-13(15-16-17-18)12-9-10-5-1-2-6-11(10)19-12/h1-2,5-6,9H,3-4,7-8,14H2. The van der Waals surface area contributed by atoms with Gasteiger partial charge < -0.3 is 10.2 Å². The molecule has 6 nitrogen and oxygen atoms in total. The molecule has 2 heterocycles. The molecule has 0 aliphatic rings. The van der Waals surface area contributed by atoms with Crippen molar-refractivity contribution in [3.63, 3.8) is 0 Å². The van der Waals surface area contributed by atoms with Gasteiger partial charge in [-0.2, -0.15) is 0 Å². The van der Waals surface area contributed by atoms with Crippen LogP contribution in [-0.4, -0.2) is 26.8 Å². The number of hydrogen-bond acceptors (Lipinski definition) is 5. The minimum absolute atomic E-state index is 0.660. The van der Waals surface area contributed by atoms with E-state index in [1.807, 2.05) is 30.3 Å². The number of fused-ring (bicyclic) bond motifs is 1. The number of benzene rings is 1. The first-order valence-electron chi connectivity index (χ1n) is 6.33. The summed E-state index contributed by atoms with van der Waals surface area (Å²) in [7, 11) is 0. The van der Waals surface area contributed by atoms with Gasteiger partial charge in [0.15, 0.2) is 5.76 Å². The molecule has 98 valence electrons. The number of rotatable bonds is 5. The lowest BCUT2D eigenvalue weighted by molar-refractivity contribution is 0.537. The van der Waals surface area contributed by atoms with Crippen LogP contribution in [-0.2, 0) is 6.54 Å². The smallest absolute Gasteiger partial charge is 0.217 e. The second kappa shape index (κ2) is 5.19. The molecule has 3 rings (SSSR count). The van der Waals surface area contributed by atoms with E-state index < -0.39 is 0 Å². The van der Waals surface area contributed by atoms with Crippen LogP contribution in [0.25, 0.3) is 22.6 Å². The molecule has 0 atom stereocenters. The SMILES string of the molecule is NCCCCn1nnnc1-c1cc2ccccc2o1. The highest BCUT2D eigenvalue weighted by atomic mass is 16.3. The van der Waals surface area contributed by atoms with Crippen LogP contribution in [0.15, 0.2) is 34.7 Å². The maximum Gasteiger partial charge on any atom is 0.217 e. The lowest BCUT2D eigenvalue weighted by Gasteiger charge is -2.01. The zero-order chi connectivity index (χ0) is 13.1. The third-order valence-electron chi connectivity index (χ3n) is 3.00. The molecule has 19 heavy (non-hydrogen) atoms. The van der Waals surface area contributed by atoms with Crippen LogP contribution in [0.1, 0.15) is 12.8 Å². The molecule has 0 fully saturated rings. The summed E-state index contributed by atoms with van der Waals surface area (Å²) in [5.74, 6) is 1.35. The third-order valence-corrected chi connectivity index (χ3v) is 3.00. The minimum Gasteiger partial charge on any atom is -0.453 e. The Bertz CT molecular complexity index is 639. The van der Waals surface area contributed by atoms with Crippen molar-refractivity contribution in [1.29, 1.82) is 0 Å². The summed E-state index contributed by atoms with van der Waals surface area (Å²) < 4.78 is 7.53. The summed E-state index contributed by atoms with van der Waals surface area (Å²) in [6, 6.07) is 9.82. The molecule has 0 aliphatic heterocycles. The van der Waals surface area contributed by atoms with Gasteiger partial charge in [0.1, 0.15) is 5.58 Å². The Morgan fingerprint density at radius 1 is 1.21 bits per heavy atom. The Morgan fingerprint density at radius 3 is 2.95 bits per heavy atom. The Balaban J connectivity index is 1.91. The lowest BCUT2D eigenvalue weighted by Crippen LogP contribution is -2.05. The van der Waals surface area contributed by atoms with Gasteiger partial charge >= 0.3 is 0 Å². The number of aromatic nitrogens is 4. The largest absolute Gasteiger partial charge is 0.453 e. The van der Waals surface area contributed by atoms with Crippen molar-refractivity contribution in [3.8, 4) is 11.6 Å². The van der Waals surface area contributed by atoms with Gasteiger partial charge in [-0.15, -0.1) is 5.10 Å². The number of aryl methyl sites for hydroxylation is 1. The molecule has 0 radical (unpaired) electrons. The average Bonchev–Trinajstić information content (AvgIpc) is 3.04. The highest BCUT2D eigenvalue weighted by Crippen LogP contribution is 2.25. The predicted octanol–water partition coefficient (Wildman–Crippen LogP) is 1.83. The maximum absolute atomic E-state index is 5.77. The second-order valence-corrected chi connectivity index (χ2v) is 4.37. The van der Waals surface area contributed by atoms with Gasteiger partial charge in [0, 0.05) is 11.9 Å². The number of tetrazole rings is 1. The highest BCUT2D eigenvalue weighted by molar-refractivity contribution is 5.81. The summed E-state index contributed by atoms with van der Waals surface area (Å²) >= 11 is 0. The van der Waals surface area contributed by atoms with E-state index in [-0.39, 0.29) is 0 Å². The minimum atomic E-state index is 0.660. The average molecular weight is 257 g/mol. The first-order chi connectivity index (χ1) is 9.38. The summed E-state index contributed by atoms with van der Waals surface area (Å²) in [5, 5.41) is 12.8. The third kappa shape index (κ3) is 2.34. The first-order valence-corrected chi connectivity index (χ1v) is 6.33.